The molecule has 0 aliphatic rings. The van der Waals surface area contributed by atoms with Crippen LogP contribution in [0.25, 0.3) is 0 Å². The minimum atomic E-state index is -1.36. The molecule has 1 unspecified atom stereocenters. The highest BCUT2D eigenvalue weighted by atomic mass is 32.2. The predicted octanol–water partition coefficient (Wildman–Crippen LogP) is 3.00. The van der Waals surface area contributed by atoms with Crippen molar-refractivity contribution in [2.45, 2.75) is 17.6 Å². The molecule has 4 heteroatoms. The van der Waals surface area contributed by atoms with Gasteiger partial charge in [0.25, 0.3) is 0 Å². The van der Waals surface area contributed by atoms with E-state index in [-0.39, 0.29) is 5.56 Å². The van der Waals surface area contributed by atoms with Crippen molar-refractivity contribution in [1.82, 2.24) is 0 Å². The second-order valence-corrected chi connectivity index (χ2v) is 5.64. The van der Waals surface area contributed by atoms with Crippen LogP contribution in [-0.2, 0) is 16.6 Å². The molecule has 0 spiro atoms. The first-order valence-corrected chi connectivity index (χ1v) is 7.16. The zero-order chi connectivity index (χ0) is 13.8. The topological polar surface area (TPSA) is 54.4 Å². The van der Waals surface area contributed by atoms with Crippen LogP contribution in [0.2, 0.25) is 0 Å². The van der Waals surface area contributed by atoms with Gasteiger partial charge in [0, 0.05) is 0 Å². The van der Waals surface area contributed by atoms with Gasteiger partial charge in [-0.3, -0.25) is 4.21 Å². The lowest BCUT2D eigenvalue weighted by Gasteiger charge is -2.08. The molecule has 98 valence electrons. The quantitative estimate of drug-likeness (QED) is 0.932. The molecule has 1 N–H and O–H groups in total. The minimum absolute atomic E-state index is 0.106. The lowest BCUT2D eigenvalue weighted by atomic mass is 10.1. The Labute approximate surface area is 114 Å². The molecule has 19 heavy (non-hydrogen) atoms. The second-order valence-electron chi connectivity index (χ2n) is 4.22. The number of carboxylic acid groups (broad SMARTS) is 1. The second kappa shape index (κ2) is 5.80. The first-order chi connectivity index (χ1) is 9.09. The summed E-state index contributed by atoms with van der Waals surface area (Å²) in [7, 11) is -1.36. The van der Waals surface area contributed by atoms with Crippen molar-refractivity contribution in [1.29, 1.82) is 0 Å². The van der Waals surface area contributed by atoms with E-state index in [1.165, 1.54) is 6.07 Å². The van der Waals surface area contributed by atoms with E-state index in [1.54, 1.807) is 18.2 Å². The number of benzene rings is 2. The summed E-state index contributed by atoms with van der Waals surface area (Å²) in [4.78, 5) is 11.5. The zero-order valence-corrected chi connectivity index (χ0v) is 11.3. The maximum absolute atomic E-state index is 12.3. The van der Waals surface area contributed by atoms with Crippen LogP contribution in [0.5, 0.6) is 0 Å². The van der Waals surface area contributed by atoms with Gasteiger partial charge in [0.1, 0.15) is 0 Å². The highest BCUT2D eigenvalue weighted by Gasteiger charge is 2.15. The Morgan fingerprint density at radius 1 is 1.11 bits per heavy atom. The smallest absolute Gasteiger partial charge is 0.336 e. The van der Waals surface area contributed by atoms with E-state index in [1.807, 2.05) is 31.2 Å². The number of carboxylic acids is 1. The molecule has 2 rings (SSSR count). The van der Waals surface area contributed by atoms with Gasteiger partial charge in [-0.2, -0.15) is 0 Å². The molecular formula is C15H14O3S. The van der Waals surface area contributed by atoms with Crippen LogP contribution in [0, 0.1) is 6.92 Å². The highest BCUT2D eigenvalue weighted by molar-refractivity contribution is 7.84. The molecule has 2 aromatic rings. The van der Waals surface area contributed by atoms with Gasteiger partial charge in [-0.15, -0.1) is 0 Å². The SMILES string of the molecule is Cc1ccccc1CS(=O)c1ccccc1C(=O)O. The largest absolute Gasteiger partial charge is 0.478 e. The Hall–Kier alpha value is -1.94. The Bertz CT molecular complexity index is 635. The van der Waals surface area contributed by atoms with E-state index in [2.05, 4.69) is 0 Å². The maximum Gasteiger partial charge on any atom is 0.336 e. The van der Waals surface area contributed by atoms with Crippen LogP contribution in [0.4, 0.5) is 0 Å². The molecule has 0 aliphatic heterocycles. The van der Waals surface area contributed by atoms with Crippen LogP contribution in [0.15, 0.2) is 53.4 Å². The first-order valence-electron chi connectivity index (χ1n) is 5.85. The van der Waals surface area contributed by atoms with Crippen LogP contribution in [0.1, 0.15) is 21.5 Å². The Balaban J connectivity index is 2.31. The molecular weight excluding hydrogens is 260 g/mol. The monoisotopic (exact) mass is 274 g/mol. The molecule has 0 saturated heterocycles. The number of aryl methyl sites for hydroxylation is 1. The molecule has 0 bridgehead atoms. The van der Waals surface area contributed by atoms with Gasteiger partial charge >= 0.3 is 5.97 Å². The van der Waals surface area contributed by atoms with Crippen molar-refractivity contribution in [3.8, 4) is 0 Å². The summed E-state index contributed by atoms with van der Waals surface area (Å²) in [5.41, 5.74) is 2.14. The van der Waals surface area contributed by atoms with E-state index in [0.717, 1.165) is 11.1 Å². The van der Waals surface area contributed by atoms with Crippen molar-refractivity contribution in [2.75, 3.05) is 0 Å². The summed E-state index contributed by atoms with van der Waals surface area (Å²) in [5, 5.41) is 9.10. The molecule has 3 nitrogen and oxygen atoms in total. The number of hydrogen-bond acceptors (Lipinski definition) is 2. The lowest BCUT2D eigenvalue weighted by Crippen LogP contribution is -2.06. The molecule has 1 atom stereocenters. The van der Waals surface area contributed by atoms with Crippen LogP contribution < -0.4 is 0 Å². The summed E-state index contributed by atoms with van der Waals surface area (Å²) in [6, 6.07) is 14.1. The van der Waals surface area contributed by atoms with Gasteiger partial charge in [0.2, 0.25) is 0 Å². The van der Waals surface area contributed by atoms with Crippen molar-refractivity contribution < 1.29 is 14.1 Å². The third-order valence-electron chi connectivity index (χ3n) is 2.91. The Morgan fingerprint density at radius 3 is 2.42 bits per heavy atom. The number of hydrogen-bond donors (Lipinski definition) is 1. The predicted molar refractivity (Wildman–Crippen MR) is 74.7 cm³/mol. The molecule has 2 aromatic carbocycles. The van der Waals surface area contributed by atoms with Gasteiger partial charge in [0.05, 0.1) is 27.0 Å². The molecule has 0 heterocycles. The van der Waals surface area contributed by atoms with Gasteiger partial charge in [-0.1, -0.05) is 36.4 Å². The number of aromatic carboxylic acids is 1. The molecule has 0 amide bonds. The van der Waals surface area contributed by atoms with E-state index >= 15 is 0 Å². The fourth-order valence-corrected chi connectivity index (χ4v) is 3.23. The van der Waals surface area contributed by atoms with E-state index in [9.17, 15) is 9.00 Å². The van der Waals surface area contributed by atoms with E-state index < -0.39 is 16.8 Å². The summed E-state index contributed by atoms with van der Waals surface area (Å²) in [5.74, 6) is -0.717. The summed E-state index contributed by atoms with van der Waals surface area (Å²) in [6.45, 7) is 1.95. The van der Waals surface area contributed by atoms with Crippen molar-refractivity contribution in [2.24, 2.45) is 0 Å². The zero-order valence-electron chi connectivity index (χ0n) is 10.5. The fourth-order valence-electron chi connectivity index (χ4n) is 1.83. The van der Waals surface area contributed by atoms with Gasteiger partial charge < -0.3 is 5.11 Å². The molecule has 0 fully saturated rings. The van der Waals surface area contributed by atoms with Crippen molar-refractivity contribution in [3.63, 3.8) is 0 Å². The number of carbonyl (C=O) groups is 1. The Morgan fingerprint density at radius 2 is 1.74 bits per heavy atom. The maximum atomic E-state index is 12.3. The summed E-state index contributed by atoms with van der Waals surface area (Å²) in [6.07, 6.45) is 0. The normalized spacial score (nSPS) is 12.1. The van der Waals surface area contributed by atoms with Gasteiger partial charge in [-0.05, 0) is 30.2 Å². The molecule has 0 radical (unpaired) electrons. The molecule has 0 saturated carbocycles. The van der Waals surface area contributed by atoms with Crippen LogP contribution in [0.3, 0.4) is 0 Å². The average molecular weight is 274 g/mol. The van der Waals surface area contributed by atoms with Gasteiger partial charge in [0.15, 0.2) is 0 Å². The minimum Gasteiger partial charge on any atom is -0.478 e. The standard InChI is InChI=1S/C15H14O3S/c1-11-6-2-3-7-12(11)10-19(18)14-9-5-4-8-13(14)15(16)17/h2-9H,10H2,1H3,(H,16,17). The molecule has 0 aliphatic carbocycles. The summed E-state index contributed by atoms with van der Waals surface area (Å²) >= 11 is 0. The van der Waals surface area contributed by atoms with Crippen LogP contribution >= 0.6 is 0 Å². The van der Waals surface area contributed by atoms with E-state index in [0.29, 0.717) is 10.6 Å². The highest BCUT2D eigenvalue weighted by Crippen LogP contribution is 2.18. The average Bonchev–Trinajstić information content (AvgIpc) is 2.41. The summed E-state index contributed by atoms with van der Waals surface area (Å²) < 4.78 is 12.3. The van der Waals surface area contributed by atoms with Crippen molar-refractivity contribution in [3.05, 3.63) is 65.2 Å². The molecule has 0 aromatic heterocycles. The third-order valence-corrected chi connectivity index (χ3v) is 4.33. The van der Waals surface area contributed by atoms with Gasteiger partial charge in [-0.25, -0.2) is 4.79 Å². The third kappa shape index (κ3) is 3.09. The first kappa shape index (κ1) is 13.5. The fraction of sp³-hybridized carbons (Fsp3) is 0.133. The number of rotatable bonds is 4. The van der Waals surface area contributed by atoms with Crippen molar-refractivity contribution >= 4 is 16.8 Å². The Kier molecular flexibility index (Phi) is 4.12. The lowest BCUT2D eigenvalue weighted by molar-refractivity contribution is 0.0693. The van der Waals surface area contributed by atoms with Crippen LogP contribution in [-0.4, -0.2) is 15.3 Å². The van der Waals surface area contributed by atoms with E-state index in [4.69, 9.17) is 5.11 Å².